The molecule has 11 rings (SSSR count). The van der Waals surface area contributed by atoms with Crippen LogP contribution < -0.4 is 9.80 Å². The molecule has 0 bridgehead atoms. The van der Waals surface area contributed by atoms with Crippen LogP contribution in [0.25, 0.3) is 65.4 Å². The van der Waals surface area contributed by atoms with Crippen LogP contribution in [-0.4, -0.2) is 0 Å². The van der Waals surface area contributed by atoms with Crippen molar-refractivity contribution in [1.82, 2.24) is 0 Å². The van der Waals surface area contributed by atoms with Crippen LogP contribution >= 0.6 is 0 Å². The van der Waals surface area contributed by atoms with Crippen LogP contribution in [0.2, 0.25) is 0 Å². The van der Waals surface area contributed by atoms with E-state index in [1.807, 2.05) is 0 Å². The van der Waals surface area contributed by atoms with Crippen molar-refractivity contribution in [3.05, 3.63) is 192 Å². The van der Waals surface area contributed by atoms with E-state index in [1.165, 1.54) is 33.6 Å². The first-order valence-corrected chi connectivity index (χ1v) is 19.9. The van der Waals surface area contributed by atoms with Gasteiger partial charge in [0.1, 0.15) is 22.3 Å². The van der Waals surface area contributed by atoms with Crippen LogP contribution in [0, 0.1) is 27.7 Å². The van der Waals surface area contributed by atoms with E-state index in [0.717, 1.165) is 88.2 Å². The number of nitrogens with zero attached hydrogens (tertiary/aromatic N) is 2. The van der Waals surface area contributed by atoms with Gasteiger partial charge in [0.25, 0.3) is 0 Å². The molecule has 4 heteroatoms. The summed E-state index contributed by atoms with van der Waals surface area (Å²) < 4.78 is 13.2. The van der Waals surface area contributed by atoms with E-state index in [0.29, 0.717) is 0 Å². The van der Waals surface area contributed by atoms with Crippen molar-refractivity contribution in [3.8, 4) is 0 Å². The molecule has 11 aromatic rings. The summed E-state index contributed by atoms with van der Waals surface area (Å²) in [5, 5.41) is 8.93. The van der Waals surface area contributed by atoms with Crippen LogP contribution in [-0.2, 0) is 0 Å². The number of anilines is 6. The zero-order valence-corrected chi connectivity index (χ0v) is 32.9. The van der Waals surface area contributed by atoms with E-state index in [2.05, 4.69) is 207 Å². The summed E-state index contributed by atoms with van der Waals surface area (Å²) in [4.78, 5) is 4.69. The second kappa shape index (κ2) is 13.1. The minimum absolute atomic E-state index is 0.817. The van der Waals surface area contributed by atoms with Gasteiger partial charge < -0.3 is 18.6 Å². The van der Waals surface area contributed by atoms with E-state index in [-0.39, 0.29) is 0 Å². The first-order valence-electron chi connectivity index (χ1n) is 19.9. The molecule has 0 fully saturated rings. The molecule has 0 radical (unpaired) electrons. The third-order valence-corrected chi connectivity index (χ3v) is 11.7. The summed E-state index contributed by atoms with van der Waals surface area (Å²) in [6.45, 7) is 8.65. The third-order valence-electron chi connectivity index (χ3n) is 11.7. The third kappa shape index (κ3) is 5.60. The summed E-state index contributed by atoms with van der Waals surface area (Å²) in [5.41, 5.74) is 15.0. The SMILES string of the molecule is Cc1ccc(C)c(N(c2ccccc2)c2ccc3cc4c(cc3c2)oc2cc3oc5cc6cc(N(c7ccccc7)c7cc(C)ccc7C)ccc6cc5c3cc24)c1. The van der Waals surface area contributed by atoms with Crippen molar-refractivity contribution in [1.29, 1.82) is 0 Å². The molecule has 0 spiro atoms. The molecule has 4 nitrogen and oxygen atoms in total. The van der Waals surface area contributed by atoms with Gasteiger partial charge in [0.05, 0.1) is 0 Å². The molecular formula is C54H40N2O2. The molecule has 0 unspecified atom stereocenters. The van der Waals surface area contributed by atoms with E-state index < -0.39 is 0 Å². The van der Waals surface area contributed by atoms with E-state index >= 15 is 0 Å². The van der Waals surface area contributed by atoms with Gasteiger partial charge in [-0.15, -0.1) is 0 Å². The second-order valence-corrected chi connectivity index (χ2v) is 15.7. The topological polar surface area (TPSA) is 32.8 Å². The van der Waals surface area contributed by atoms with Crippen molar-refractivity contribution in [2.75, 3.05) is 9.80 Å². The summed E-state index contributed by atoms with van der Waals surface area (Å²) in [5.74, 6) is 0. The number of benzene rings is 9. The molecule has 0 aliphatic heterocycles. The zero-order valence-electron chi connectivity index (χ0n) is 32.9. The van der Waals surface area contributed by atoms with Gasteiger partial charge in [0.2, 0.25) is 0 Å². The molecule has 0 saturated carbocycles. The number of fused-ring (bicyclic) bond motifs is 8. The molecule has 0 aliphatic rings. The van der Waals surface area contributed by atoms with Gasteiger partial charge in [-0.05, 0) is 162 Å². The monoisotopic (exact) mass is 748 g/mol. The Labute approximate surface area is 336 Å². The van der Waals surface area contributed by atoms with Crippen LogP contribution in [0.15, 0.2) is 179 Å². The minimum atomic E-state index is 0.817. The molecule has 9 aromatic carbocycles. The number of rotatable bonds is 6. The van der Waals surface area contributed by atoms with Crippen molar-refractivity contribution in [3.63, 3.8) is 0 Å². The maximum Gasteiger partial charge on any atom is 0.139 e. The van der Waals surface area contributed by atoms with Gasteiger partial charge in [0.15, 0.2) is 0 Å². The van der Waals surface area contributed by atoms with Crippen LogP contribution in [0.3, 0.4) is 0 Å². The maximum atomic E-state index is 6.61. The number of hydrogen-bond donors (Lipinski definition) is 0. The molecule has 0 saturated heterocycles. The predicted molar refractivity (Wildman–Crippen MR) is 244 cm³/mol. The van der Waals surface area contributed by atoms with Crippen LogP contribution in [0.4, 0.5) is 34.1 Å². The summed E-state index contributed by atoms with van der Waals surface area (Å²) >= 11 is 0. The van der Waals surface area contributed by atoms with Crippen LogP contribution in [0.1, 0.15) is 22.3 Å². The van der Waals surface area contributed by atoms with Crippen molar-refractivity contribution in [2.45, 2.75) is 27.7 Å². The Balaban J connectivity index is 1.01. The molecule has 2 heterocycles. The van der Waals surface area contributed by atoms with Crippen molar-refractivity contribution >= 4 is 99.5 Å². The Hall–Kier alpha value is -7.30. The van der Waals surface area contributed by atoms with Crippen molar-refractivity contribution < 1.29 is 8.83 Å². The summed E-state index contributed by atoms with van der Waals surface area (Å²) in [6.07, 6.45) is 0. The fourth-order valence-corrected chi connectivity index (χ4v) is 8.71. The minimum Gasteiger partial charge on any atom is -0.456 e. The highest BCUT2D eigenvalue weighted by molar-refractivity contribution is 6.18. The largest absolute Gasteiger partial charge is 0.456 e. The smallest absolute Gasteiger partial charge is 0.139 e. The summed E-state index contributed by atoms with van der Waals surface area (Å²) in [6, 6.07) is 61.1. The highest BCUT2D eigenvalue weighted by Crippen LogP contribution is 2.43. The first kappa shape index (κ1) is 34.0. The molecule has 0 amide bonds. The quantitative estimate of drug-likeness (QED) is 0.170. The molecule has 2 aromatic heterocycles. The molecule has 0 aliphatic carbocycles. The maximum absolute atomic E-state index is 6.61. The molecule has 0 N–H and O–H groups in total. The average molecular weight is 749 g/mol. The average Bonchev–Trinajstić information content (AvgIpc) is 3.77. The van der Waals surface area contributed by atoms with Crippen LogP contribution in [0.5, 0.6) is 0 Å². The number of hydrogen-bond acceptors (Lipinski definition) is 4. The molecule has 278 valence electrons. The van der Waals surface area contributed by atoms with Gasteiger partial charge in [-0.25, -0.2) is 0 Å². The zero-order chi connectivity index (χ0) is 39.1. The lowest BCUT2D eigenvalue weighted by Gasteiger charge is -2.27. The molecular weight excluding hydrogens is 709 g/mol. The lowest BCUT2D eigenvalue weighted by molar-refractivity contribution is 0.656. The molecule has 0 atom stereocenters. The highest BCUT2D eigenvalue weighted by Gasteiger charge is 2.20. The summed E-state index contributed by atoms with van der Waals surface area (Å²) in [7, 11) is 0. The van der Waals surface area contributed by atoms with Gasteiger partial charge in [-0.3, -0.25) is 0 Å². The Morgan fingerprint density at radius 3 is 1.17 bits per heavy atom. The van der Waals surface area contributed by atoms with Gasteiger partial charge in [-0.2, -0.15) is 0 Å². The van der Waals surface area contributed by atoms with E-state index in [4.69, 9.17) is 8.83 Å². The lowest BCUT2D eigenvalue weighted by atomic mass is 10.0. The number of para-hydroxylation sites is 2. The van der Waals surface area contributed by atoms with Gasteiger partial charge in [-0.1, -0.05) is 72.8 Å². The number of furan rings is 2. The van der Waals surface area contributed by atoms with E-state index in [9.17, 15) is 0 Å². The Morgan fingerprint density at radius 1 is 0.310 bits per heavy atom. The Bertz CT molecular complexity index is 3170. The van der Waals surface area contributed by atoms with Gasteiger partial charge in [0, 0.05) is 61.7 Å². The predicted octanol–water partition coefficient (Wildman–Crippen LogP) is 16.0. The standard InChI is InChI=1S/C54H40N2O2/c1-33-15-17-35(3)49(23-33)55(41-11-7-5-8-12-41)43-21-19-37-27-45-47-31-48-46-28-38-20-22-44(56(42-13-9-6-10-14-42)50-24-34(2)16-18-36(50)4)26-40(38)30-52(46)58-54(48)32-53(47)57-51(45)29-39(37)25-43/h5-32H,1-4H3. The molecule has 58 heavy (non-hydrogen) atoms. The number of aryl methyl sites for hydroxylation is 4. The fourth-order valence-electron chi connectivity index (χ4n) is 8.71. The Morgan fingerprint density at radius 2 is 0.724 bits per heavy atom. The lowest BCUT2D eigenvalue weighted by Crippen LogP contribution is -2.11. The Kier molecular flexibility index (Phi) is 7.70. The van der Waals surface area contributed by atoms with Crippen molar-refractivity contribution in [2.24, 2.45) is 0 Å². The first-order chi connectivity index (χ1) is 28.3. The van der Waals surface area contributed by atoms with E-state index in [1.54, 1.807) is 0 Å². The highest BCUT2D eigenvalue weighted by atomic mass is 16.3. The van der Waals surface area contributed by atoms with Gasteiger partial charge >= 0.3 is 0 Å². The second-order valence-electron chi connectivity index (χ2n) is 15.7. The fraction of sp³-hybridized carbons (Fsp3) is 0.0741. The normalized spacial score (nSPS) is 11.8.